The molecular weight excluding hydrogens is 1380 g/mol. The standard InChI is InChI=1S/C70H108N18O14S2/c1-42-14-13-29-78-69(72)38-73-30-32-75-40-70(87-42,41-76-33-31-74-39-69)88-58(93)21-12-20-57(92)80-53(27-24-46-15-6-5-7-16-46)62(95)84-56(37-104-103)66(99)82-54(34-47-22-25-49(91)26-23-47)64(97)83-55(35-48-36-77-51-18-9-8-17-50(48)51)65(98)81-52(19-10-11-28-71)63(96)85-59(44(3)89)67(100)79-43(2)61(94)86-60(45(4)90)68(101)102/h5-9,15-18,22-23,25-26,36,42-45,52-56,59-60,73-78,87,89-91,103H,10-14,19-21,24,27-35,37-41,71-72H2,1-4H3,(H,79,100)(H,80,92)(H,81,98)(H,82,99)(H,83,97)(H,84,95)(H,85,96)(H,86,94)(H,88,93)(H,101,102)/t42?,43-,44?,45?,52?,53?,54?,55+,56-,59?,60?,69?,70?/m0/s1. The normalized spacial score (nSPS) is 20.5. The zero-order chi connectivity index (χ0) is 75.8. The molecular formula is C70H108N18O14S2. The molecule has 3 saturated heterocycles. The number of carboxylic acids is 1. The molecule has 9 amide bonds. The molecule has 11 atom stereocenters. The van der Waals surface area contributed by atoms with Crippen LogP contribution in [0.15, 0.2) is 85.1 Å². The molecule has 0 saturated carbocycles. The highest BCUT2D eigenvalue weighted by Gasteiger charge is 2.38. The van der Waals surface area contributed by atoms with Gasteiger partial charge in [-0.05, 0) is 127 Å². The molecule has 0 spiro atoms. The number of aryl methyl sites for hydroxylation is 1. The van der Waals surface area contributed by atoms with E-state index in [1.807, 2.05) is 30.3 Å². The molecule has 4 heterocycles. The maximum atomic E-state index is 15.1. The number of phenols is 1. The van der Waals surface area contributed by atoms with Crippen molar-refractivity contribution < 1.29 is 68.4 Å². The van der Waals surface area contributed by atoms with Crippen LogP contribution in [-0.2, 0) is 67.2 Å². The van der Waals surface area contributed by atoms with E-state index in [1.54, 1.807) is 30.5 Å². The number of aliphatic carboxylic acids is 1. The molecule has 0 radical (unpaired) electrons. The molecule has 1 aromatic heterocycles. The van der Waals surface area contributed by atoms with Crippen LogP contribution < -0.4 is 91.2 Å². The molecule has 3 fully saturated rings. The fraction of sp³-hybridized carbons (Fsp3) is 0.571. The van der Waals surface area contributed by atoms with E-state index in [4.69, 9.17) is 11.5 Å². The maximum Gasteiger partial charge on any atom is 0.328 e. The van der Waals surface area contributed by atoms with E-state index in [-0.39, 0.29) is 81.4 Å². The number of aromatic amines is 1. The van der Waals surface area contributed by atoms with Gasteiger partial charge in [0.2, 0.25) is 53.2 Å². The van der Waals surface area contributed by atoms with Crippen molar-refractivity contribution in [1.82, 2.24) is 84.7 Å². The lowest BCUT2D eigenvalue weighted by Crippen LogP contribution is -2.71. The van der Waals surface area contributed by atoms with Crippen LogP contribution in [0.5, 0.6) is 5.75 Å². The Morgan fingerprint density at radius 1 is 0.587 bits per heavy atom. The van der Waals surface area contributed by atoms with E-state index in [0.29, 0.717) is 93.8 Å². The monoisotopic (exact) mass is 1490 g/mol. The van der Waals surface area contributed by atoms with Crippen LogP contribution in [0.2, 0.25) is 0 Å². The van der Waals surface area contributed by atoms with E-state index in [2.05, 4.69) is 103 Å². The number of fused-ring (bicyclic) bond motifs is 16. The first-order chi connectivity index (χ1) is 49.7. The summed E-state index contributed by atoms with van der Waals surface area (Å²) >= 11 is 4.35. The van der Waals surface area contributed by atoms with Gasteiger partial charge in [-0.3, -0.25) is 53.8 Å². The molecule has 574 valence electrons. The minimum absolute atomic E-state index is 0.00124. The quantitative estimate of drug-likeness (QED) is 0.0123. The molecule has 0 aliphatic carbocycles. The number of hydrogen-bond donors (Lipinski definition) is 23. The third-order valence-electron chi connectivity index (χ3n) is 18.0. The van der Waals surface area contributed by atoms with E-state index in [1.165, 1.54) is 38.1 Å². The van der Waals surface area contributed by atoms with Gasteiger partial charge >= 0.3 is 5.97 Å². The summed E-state index contributed by atoms with van der Waals surface area (Å²) in [7, 11) is 0.912. The number of benzene rings is 3. The molecule has 3 aliphatic rings. The summed E-state index contributed by atoms with van der Waals surface area (Å²) in [4.78, 5) is 143. The number of aromatic hydroxyl groups is 1. The Morgan fingerprint density at radius 2 is 1.13 bits per heavy atom. The number of nitrogens with one attached hydrogen (secondary N) is 16. The Morgan fingerprint density at radius 3 is 1.76 bits per heavy atom. The number of thiol groups is 1. The highest BCUT2D eigenvalue weighted by Crippen LogP contribution is 2.21. The van der Waals surface area contributed by atoms with E-state index >= 15 is 4.79 Å². The molecule has 3 aliphatic heterocycles. The fourth-order valence-corrected chi connectivity index (χ4v) is 13.0. The third kappa shape index (κ3) is 28.5. The number of rotatable bonds is 36. The van der Waals surface area contributed by atoms with Gasteiger partial charge in [0.25, 0.3) is 0 Å². The molecule has 4 aromatic rings. The number of unbranched alkanes of at least 4 members (excludes halogenated alkanes) is 1. The van der Waals surface area contributed by atoms with Gasteiger partial charge in [0, 0.05) is 107 Å². The fourth-order valence-electron chi connectivity index (χ4n) is 12.2. The lowest BCUT2D eigenvalue weighted by molar-refractivity contribution is -0.145. The van der Waals surface area contributed by atoms with E-state index in [0.717, 1.165) is 36.1 Å². The lowest BCUT2D eigenvalue weighted by Gasteiger charge is -2.40. The average Bonchev–Trinajstić information content (AvgIpc) is 1.62. The van der Waals surface area contributed by atoms with Gasteiger partial charge < -0.3 is 106 Å². The predicted molar refractivity (Wildman–Crippen MR) is 398 cm³/mol. The van der Waals surface area contributed by atoms with Gasteiger partial charge in [0.1, 0.15) is 53.7 Å². The molecule has 8 unspecified atom stereocenters. The van der Waals surface area contributed by atoms with Crippen molar-refractivity contribution >= 4 is 92.5 Å². The van der Waals surface area contributed by atoms with Crippen LogP contribution in [-0.4, -0.2) is 234 Å². The summed E-state index contributed by atoms with van der Waals surface area (Å²) in [5.74, 6) is -9.03. The number of phenolic OH excluding ortho intramolecular Hbond substituents is 1. The molecule has 3 aromatic carbocycles. The first-order valence-corrected chi connectivity index (χ1v) is 37.5. The Bertz CT molecular complexity index is 3410. The molecule has 104 heavy (non-hydrogen) atoms. The Balaban J connectivity index is 1.20. The van der Waals surface area contributed by atoms with Gasteiger partial charge in [-0.25, -0.2) is 4.79 Å². The van der Waals surface area contributed by atoms with Crippen molar-refractivity contribution in [1.29, 1.82) is 0 Å². The van der Waals surface area contributed by atoms with Crippen molar-refractivity contribution in [3.8, 4) is 5.75 Å². The predicted octanol–water partition coefficient (Wildman–Crippen LogP) is -2.89. The number of carbonyl (C=O) groups is 10. The van der Waals surface area contributed by atoms with Gasteiger partial charge in [0.05, 0.1) is 17.9 Å². The number of nitrogens with two attached hydrogens (primary N) is 2. The number of aliphatic hydroxyl groups is 2. The van der Waals surface area contributed by atoms with E-state index < -0.39 is 125 Å². The second-order valence-electron chi connectivity index (χ2n) is 26.9. The van der Waals surface area contributed by atoms with Crippen LogP contribution in [0, 0.1) is 0 Å². The van der Waals surface area contributed by atoms with Crippen molar-refractivity contribution in [2.75, 3.05) is 71.2 Å². The topological polar surface area (TPSA) is 500 Å². The Labute approximate surface area is 615 Å². The van der Waals surface area contributed by atoms with Crippen LogP contribution in [0.25, 0.3) is 10.9 Å². The van der Waals surface area contributed by atoms with Crippen molar-refractivity contribution in [2.24, 2.45) is 11.5 Å². The minimum atomic E-state index is -1.75. The molecule has 2 bridgehead atoms. The molecule has 7 rings (SSSR count). The van der Waals surface area contributed by atoms with Crippen LogP contribution in [0.4, 0.5) is 0 Å². The second-order valence-corrected chi connectivity index (χ2v) is 28.3. The maximum absolute atomic E-state index is 15.1. The number of aromatic nitrogens is 1. The smallest absolute Gasteiger partial charge is 0.328 e. The zero-order valence-corrected chi connectivity index (χ0v) is 61.3. The van der Waals surface area contributed by atoms with Crippen LogP contribution in [0.3, 0.4) is 0 Å². The average molecular weight is 1490 g/mol. The van der Waals surface area contributed by atoms with Crippen molar-refractivity contribution in [3.63, 3.8) is 0 Å². The van der Waals surface area contributed by atoms with Crippen molar-refractivity contribution in [3.05, 3.63) is 102 Å². The summed E-state index contributed by atoms with van der Waals surface area (Å²) in [5.41, 5.74) is 13.6. The highest BCUT2D eigenvalue weighted by atomic mass is 33.1. The SMILES string of the molecule is CC1CCCNC2(N)CNCCNCC(NC(=O)CCCC(=O)NC(CCc3ccccc3)C(=O)N[C@@H](CSS)C(=O)NC(Cc3ccc(O)cc3)C(=O)N[C@H](Cc3c[nH]c4ccccc34)C(=O)NC(CCCCN)C(=O)NC(C(=O)N[C@@H](C)C(=O)NC(C(=O)O)C(C)O)C(C)O)(CNCCNC2)N1. The first-order valence-electron chi connectivity index (χ1n) is 35.5. The number of aliphatic hydroxyl groups excluding tert-OH is 2. The molecule has 34 heteroatoms. The number of carbonyl (C=O) groups excluding carboxylic acids is 9. The van der Waals surface area contributed by atoms with Gasteiger partial charge in [-0.2, -0.15) is 0 Å². The van der Waals surface area contributed by atoms with Crippen LogP contribution >= 0.6 is 22.5 Å². The van der Waals surface area contributed by atoms with Gasteiger partial charge in [-0.15, -0.1) is 11.7 Å². The van der Waals surface area contributed by atoms with Gasteiger partial charge in [-0.1, -0.05) is 71.5 Å². The summed E-state index contributed by atoms with van der Waals surface area (Å²) in [5, 5.41) is 86.3. The molecule has 24 N–H and O–H groups in total. The van der Waals surface area contributed by atoms with Gasteiger partial charge in [0.15, 0.2) is 6.04 Å². The number of carboxylic acid groups (broad SMARTS) is 1. The van der Waals surface area contributed by atoms with Crippen LogP contribution in [0.1, 0.15) is 102 Å². The number of amides is 9. The number of H-pyrrole nitrogens is 1. The lowest BCUT2D eigenvalue weighted by atomic mass is 10.0. The summed E-state index contributed by atoms with van der Waals surface area (Å²) in [6.45, 7) is 10.9. The third-order valence-corrected chi connectivity index (χ3v) is 18.9. The summed E-state index contributed by atoms with van der Waals surface area (Å²) in [6, 6.07) is 10.2. The summed E-state index contributed by atoms with van der Waals surface area (Å²) in [6.07, 6.45) is 0.685. The highest BCUT2D eigenvalue weighted by molar-refractivity contribution is 8.68. The first kappa shape index (κ1) is 84.9. The second kappa shape index (κ2) is 43.4. The molecule has 32 nitrogen and oxygen atoms in total. The largest absolute Gasteiger partial charge is 0.508 e. The van der Waals surface area contributed by atoms with E-state index in [9.17, 15) is 63.6 Å². The Kier molecular flexibility index (Phi) is 35.5. The summed E-state index contributed by atoms with van der Waals surface area (Å²) < 4.78 is 0. The number of para-hydroxylation sites is 1. The number of hydrogen-bond acceptors (Lipinski definition) is 23. The van der Waals surface area contributed by atoms with Crippen molar-refractivity contribution in [2.45, 2.75) is 183 Å². The Hall–Kier alpha value is -8.00. The minimum Gasteiger partial charge on any atom is -0.508 e. The zero-order valence-electron chi connectivity index (χ0n) is 59.6.